The number of aromatic nitrogens is 3. The molecular formula is C24H20F2N4O4S. The van der Waals surface area contributed by atoms with Gasteiger partial charge in [0.1, 0.15) is 22.9 Å². The number of halogens is 2. The van der Waals surface area contributed by atoms with Gasteiger partial charge in [-0.15, -0.1) is 0 Å². The van der Waals surface area contributed by atoms with E-state index in [0.29, 0.717) is 27.7 Å². The first-order valence-corrected chi connectivity index (χ1v) is 12.6. The number of amides is 1. The van der Waals surface area contributed by atoms with E-state index >= 15 is 8.78 Å². The van der Waals surface area contributed by atoms with E-state index in [9.17, 15) is 13.2 Å². The highest BCUT2D eigenvalue weighted by Crippen LogP contribution is 2.35. The molecule has 0 saturated heterocycles. The van der Waals surface area contributed by atoms with Crippen molar-refractivity contribution in [1.82, 2.24) is 19.7 Å². The number of fused-ring (bicyclic) bond motifs is 2. The maximum Gasteiger partial charge on any atom is 0.256 e. The van der Waals surface area contributed by atoms with E-state index in [0.717, 1.165) is 6.26 Å². The second-order valence-corrected chi connectivity index (χ2v) is 10.5. The number of carbonyl (C=O) groups is 1. The summed E-state index contributed by atoms with van der Waals surface area (Å²) in [6, 6.07) is 8.83. The molecule has 0 atom stereocenters. The summed E-state index contributed by atoms with van der Waals surface area (Å²) in [5.41, 5.74) is 1.93. The molecule has 1 aliphatic heterocycles. The van der Waals surface area contributed by atoms with E-state index in [1.807, 2.05) is 0 Å². The molecule has 3 heterocycles. The Bertz CT molecular complexity index is 1580. The third-order valence-electron chi connectivity index (χ3n) is 5.73. The first-order chi connectivity index (χ1) is 16.6. The van der Waals surface area contributed by atoms with Crippen LogP contribution >= 0.6 is 0 Å². The highest BCUT2D eigenvalue weighted by Gasteiger charge is 2.29. The predicted molar refractivity (Wildman–Crippen MR) is 124 cm³/mol. The topological polar surface area (TPSA) is 94.4 Å². The van der Waals surface area contributed by atoms with E-state index in [1.165, 1.54) is 27.8 Å². The Labute approximate surface area is 199 Å². The predicted octanol–water partition coefficient (Wildman–Crippen LogP) is 3.45. The molecule has 8 nitrogen and oxygen atoms in total. The zero-order chi connectivity index (χ0) is 24.9. The summed E-state index contributed by atoms with van der Waals surface area (Å²) in [5, 5.41) is 4.86. The Morgan fingerprint density at radius 2 is 1.86 bits per heavy atom. The Morgan fingerprint density at radius 1 is 1.11 bits per heavy atom. The van der Waals surface area contributed by atoms with Crippen LogP contribution in [0.15, 0.2) is 48.8 Å². The SMILES string of the molecule is Cn1cc2c(-c3cc(F)c(CN4Cc5ncccc5C4=O)c(F)c3)ccc(OCS(C)(=O)=O)c2n1. The average Bonchev–Trinajstić information content (AvgIpc) is 3.33. The molecule has 0 spiro atoms. The quantitative estimate of drug-likeness (QED) is 0.404. The molecule has 0 unspecified atom stereocenters. The van der Waals surface area contributed by atoms with E-state index < -0.39 is 27.4 Å². The molecule has 1 amide bonds. The second kappa shape index (κ2) is 8.42. The minimum absolute atomic E-state index is 0.181. The maximum absolute atomic E-state index is 15.1. The molecule has 2 aromatic carbocycles. The lowest BCUT2D eigenvalue weighted by molar-refractivity contribution is 0.0763. The highest BCUT2D eigenvalue weighted by atomic mass is 32.2. The van der Waals surface area contributed by atoms with Gasteiger partial charge < -0.3 is 9.64 Å². The van der Waals surface area contributed by atoms with Crippen LogP contribution in [-0.4, -0.2) is 46.2 Å². The van der Waals surface area contributed by atoms with Crippen LogP contribution in [0.1, 0.15) is 21.6 Å². The molecule has 5 rings (SSSR count). The smallest absolute Gasteiger partial charge is 0.256 e. The van der Waals surface area contributed by atoms with Gasteiger partial charge in [-0.25, -0.2) is 17.2 Å². The molecular weight excluding hydrogens is 478 g/mol. The van der Waals surface area contributed by atoms with Crippen molar-refractivity contribution in [1.29, 1.82) is 0 Å². The van der Waals surface area contributed by atoms with Crippen LogP contribution in [0.2, 0.25) is 0 Å². The Hall–Kier alpha value is -3.86. The molecule has 1 aliphatic rings. The number of hydrogen-bond donors (Lipinski definition) is 0. The molecule has 4 aromatic rings. The van der Waals surface area contributed by atoms with Crippen LogP contribution in [0.5, 0.6) is 5.75 Å². The maximum atomic E-state index is 15.1. The molecule has 0 bridgehead atoms. The summed E-state index contributed by atoms with van der Waals surface area (Å²) in [4.78, 5) is 18.1. The lowest BCUT2D eigenvalue weighted by atomic mass is 9.99. The van der Waals surface area contributed by atoms with Crippen LogP contribution in [0.4, 0.5) is 8.78 Å². The van der Waals surface area contributed by atoms with Crippen molar-refractivity contribution in [3.63, 3.8) is 0 Å². The van der Waals surface area contributed by atoms with Crippen LogP contribution in [0, 0.1) is 11.6 Å². The number of sulfone groups is 1. The van der Waals surface area contributed by atoms with Crippen molar-refractivity contribution in [2.45, 2.75) is 13.1 Å². The molecule has 2 aromatic heterocycles. The summed E-state index contributed by atoms with van der Waals surface area (Å²) in [7, 11) is -1.71. The van der Waals surface area contributed by atoms with Gasteiger partial charge in [-0.3, -0.25) is 14.5 Å². The third-order valence-corrected chi connectivity index (χ3v) is 6.28. The van der Waals surface area contributed by atoms with Crippen molar-refractivity contribution in [3.05, 3.63) is 77.2 Å². The number of benzene rings is 2. The lowest BCUT2D eigenvalue weighted by Crippen LogP contribution is -2.24. The number of carbonyl (C=O) groups excluding carboxylic acids is 1. The first kappa shape index (κ1) is 22.9. The van der Waals surface area contributed by atoms with E-state index in [4.69, 9.17) is 4.74 Å². The van der Waals surface area contributed by atoms with Crippen LogP contribution in [-0.2, 0) is 30.0 Å². The fraction of sp³-hybridized carbons (Fsp3) is 0.208. The number of pyridine rings is 1. The van der Waals surface area contributed by atoms with Gasteiger partial charge >= 0.3 is 0 Å². The van der Waals surface area contributed by atoms with Gasteiger partial charge in [0.2, 0.25) is 0 Å². The molecule has 0 fully saturated rings. The summed E-state index contributed by atoms with van der Waals surface area (Å²) in [6.45, 7) is -0.0470. The number of aryl methyl sites for hydroxylation is 1. The Kier molecular flexibility index (Phi) is 5.51. The molecule has 0 N–H and O–H groups in total. The van der Waals surface area contributed by atoms with Crippen molar-refractivity contribution in [2.75, 3.05) is 12.2 Å². The number of ether oxygens (including phenoxy) is 1. The van der Waals surface area contributed by atoms with Crippen molar-refractivity contribution in [3.8, 4) is 16.9 Å². The van der Waals surface area contributed by atoms with Gasteiger partial charge in [-0.2, -0.15) is 5.10 Å². The van der Waals surface area contributed by atoms with E-state index in [2.05, 4.69) is 10.1 Å². The largest absolute Gasteiger partial charge is 0.475 e. The molecule has 11 heteroatoms. The minimum Gasteiger partial charge on any atom is -0.475 e. The zero-order valence-electron chi connectivity index (χ0n) is 18.8. The number of rotatable bonds is 6. The fourth-order valence-corrected chi connectivity index (χ4v) is 4.48. The van der Waals surface area contributed by atoms with Crippen molar-refractivity contribution >= 4 is 26.6 Å². The summed E-state index contributed by atoms with van der Waals surface area (Å²) < 4.78 is 60.2. The summed E-state index contributed by atoms with van der Waals surface area (Å²) >= 11 is 0. The fourth-order valence-electron chi connectivity index (χ4n) is 4.14. The van der Waals surface area contributed by atoms with Gasteiger partial charge in [0.25, 0.3) is 5.91 Å². The van der Waals surface area contributed by atoms with Gasteiger partial charge in [0, 0.05) is 36.6 Å². The normalized spacial score (nSPS) is 13.5. The van der Waals surface area contributed by atoms with Gasteiger partial charge in [-0.05, 0) is 47.5 Å². The van der Waals surface area contributed by atoms with Crippen LogP contribution in [0.3, 0.4) is 0 Å². The first-order valence-electron chi connectivity index (χ1n) is 10.6. The molecule has 35 heavy (non-hydrogen) atoms. The number of hydrogen-bond acceptors (Lipinski definition) is 6. The third kappa shape index (κ3) is 4.34. The Morgan fingerprint density at radius 3 is 2.54 bits per heavy atom. The van der Waals surface area contributed by atoms with Gasteiger partial charge in [0.15, 0.2) is 15.8 Å². The molecule has 0 aliphatic carbocycles. The van der Waals surface area contributed by atoms with E-state index in [-0.39, 0.29) is 35.9 Å². The van der Waals surface area contributed by atoms with Crippen molar-refractivity contribution in [2.24, 2.45) is 7.05 Å². The average molecular weight is 499 g/mol. The van der Waals surface area contributed by atoms with Crippen LogP contribution < -0.4 is 4.74 Å². The molecule has 180 valence electrons. The standard InChI is InChI=1S/C24H20F2N4O4S/c1-29-10-17-15(5-6-22(23(17)28-29)34-13-35(2,32)33)14-8-19(25)18(20(26)9-14)11-30-12-21-16(24(30)31)4-3-7-27-21/h3-10H,11-13H2,1-2H3. The highest BCUT2D eigenvalue weighted by molar-refractivity contribution is 7.90. The minimum atomic E-state index is -3.38. The van der Waals surface area contributed by atoms with Gasteiger partial charge in [0.05, 0.1) is 24.3 Å². The Balaban J connectivity index is 1.48. The number of nitrogens with zero attached hydrogens (tertiary/aromatic N) is 4. The molecule has 0 radical (unpaired) electrons. The van der Waals surface area contributed by atoms with Crippen molar-refractivity contribution < 1.29 is 26.7 Å². The monoisotopic (exact) mass is 498 g/mol. The molecule has 0 saturated carbocycles. The lowest BCUT2D eigenvalue weighted by Gasteiger charge is -2.17. The second-order valence-electron chi connectivity index (χ2n) is 8.44. The summed E-state index contributed by atoms with van der Waals surface area (Å²) in [6.07, 6.45) is 4.28. The zero-order valence-corrected chi connectivity index (χ0v) is 19.6. The van der Waals surface area contributed by atoms with Gasteiger partial charge in [-0.1, -0.05) is 0 Å². The van der Waals surface area contributed by atoms with E-state index in [1.54, 1.807) is 37.6 Å². The summed E-state index contributed by atoms with van der Waals surface area (Å²) in [5.74, 6) is -2.17. The van der Waals surface area contributed by atoms with Crippen LogP contribution in [0.25, 0.3) is 22.0 Å².